The highest BCUT2D eigenvalue weighted by atomic mass is 32.1. The lowest BCUT2D eigenvalue weighted by Gasteiger charge is -2.16. The van der Waals surface area contributed by atoms with Gasteiger partial charge in [0.2, 0.25) is 0 Å². The molecule has 0 saturated carbocycles. The minimum atomic E-state index is -0.946. The van der Waals surface area contributed by atoms with Gasteiger partial charge < -0.3 is 10.4 Å². The number of aromatic nitrogens is 3. The lowest BCUT2D eigenvalue weighted by atomic mass is 9.98. The van der Waals surface area contributed by atoms with E-state index in [4.69, 9.17) is 4.99 Å². The van der Waals surface area contributed by atoms with Crippen LogP contribution in [0, 0.1) is 32.5 Å². The highest BCUT2D eigenvalue weighted by Crippen LogP contribution is 2.40. The zero-order chi connectivity index (χ0) is 24.9. The number of aliphatic imine (C=N–C) groups is 1. The molecule has 0 saturated heterocycles. The number of thiophene rings is 1. The molecule has 2 aromatic carbocycles. The third-order valence-corrected chi connectivity index (χ3v) is 7.52. The second-order valence-corrected chi connectivity index (χ2v) is 9.87. The van der Waals surface area contributed by atoms with Crippen LogP contribution in [-0.2, 0) is 4.79 Å². The summed E-state index contributed by atoms with van der Waals surface area (Å²) in [5, 5.41) is 22.6. The minimum absolute atomic E-state index is 0.309. The summed E-state index contributed by atoms with van der Waals surface area (Å²) in [7, 11) is 0. The molecular formula is C26H24FN5O2S. The van der Waals surface area contributed by atoms with Crippen molar-refractivity contribution < 1.29 is 14.3 Å². The summed E-state index contributed by atoms with van der Waals surface area (Å²) in [4.78, 5) is 18.1. The number of carboxylic acid groups (broad SMARTS) is 1. The Morgan fingerprint density at radius 2 is 1.86 bits per heavy atom. The molecule has 9 heteroatoms. The van der Waals surface area contributed by atoms with E-state index in [9.17, 15) is 14.3 Å². The number of nitrogens with zero attached hydrogens (tertiary/aromatic N) is 4. The molecule has 178 valence electrons. The molecule has 35 heavy (non-hydrogen) atoms. The van der Waals surface area contributed by atoms with Crippen LogP contribution in [0.1, 0.15) is 46.2 Å². The summed E-state index contributed by atoms with van der Waals surface area (Å²) >= 11 is 1.63. The zero-order valence-corrected chi connectivity index (χ0v) is 20.5. The van der Waals surface area contributed by atoms with Crippen LogP contribution in [0.4, 0.5) is 15.8 Å². The monoisotopic (exact) mass is 489 g/mol. The molecule has 4 aromatic rings. The summed E-state index contributed by atoms with van der Waals surface area (Å²) in [6.07, 6.45) is 0. The predicted molar refractivity (Wildman–Crippen MR) is 135 cm³/mol. The van der Waals surface area contributed by atoms with Crippen LogP contribution in [0.5, 0.6) is 0 Å². The van der Waals surface area contributed by atoms with Gasteiger partial charge in [-0.25, -0.2) is 4.39 Å². The van der Waals surface area contributed by atoms with Crippen molar-refractivity contribution >= 4 is 34.4 Å². The topological polar surface area (TPSA) is 92.4 Å². The molecule has 0 amide bonds. The molecule has 2 N–H and O–H groups in total. The van der Waals surface area contributed by atoms with Crippen molar-refractivity contribution in [2.45, 2.75) is 33.7 Å². The van der Waals surface area contributed by atoms with Crippen LogP contribution in [0.3, 0.4) is 0 Å². The van der Waals surface area contributed by atoms with Gasteiger partial charge in [-0.3, -0.25) is 14.4 Å². The van der Waals surface area contributed by atoms with Gasteiger partial charge >= 0.3 is 5.97 Å². The molecule has 1 aliphatic heterocycles. The van der Waals surface area contributed by atoms with Crippen LogP contribution in [0.2, 0.25) is 0 Å². The first-order valence-corrected chi connectivity index (χ1v) is 12.0. The van der Waals surface area contributed by atoms with E-state index in [-0.39, 0.29) is 5.82 Å². The Morgan fingerprint density at radius 1 is 1.11 bits per heavy atom. The standard InChI is InChI=1S/C26H24FN5O2S/c1-13-15(3)35-25-21(13)23(29-22(14(2)26(33)34)24-31-30-16(4)32(24)25)17-8-10-19(11-9-17)28-20-7-5-6-18(27)12-20/h5-12,14,22,28H,1-4H3,(H,33,34)/t14?,22-/m0/s1. The first kappa shape index (κ1) is 22.9. The Bertz CT molecular complexity index is 1470. The number of carboxylic acids is 1. The van der Waals surface area contributed by atoms with Crippen molar-refractivity contribution in [2.75, 3.05) is 5.32 Å². The fourth-order valence-electron chi connectivity index (χ4n) is 4.26. The zero-order valence-electron chi connectivity index (χ0n) is 19.7. The second kappa shape index (κ2) is 8.74. The Hall–Kier alpha value is -3.85. The van der Waals surface area contributed by atoms with Gasteiger partial charge in [0, 0.05) is 27.4 Å². The SMILES string of the molecule is Cc1sc2c(c1C)C(c1ccc(Nc3cccc(F)c3)cc1)=N[C@@H](C(C)C(=O)O)c1nnc(C)n1-2. The summed E-state index contributed by atoms with van der Waals surface area (Å²) in [5.74, 6) is -0.832. The Morgan fingerprint density at radius 3 is 2.54 bits per heavy atom. The number of nitrogens with one attached hydrogen (secondary N) is 1. The van der Waals surface area contributed by atoms with Crippen molar-refractivity contribution in [3.8, 4) is 5.00 Å². The lowest BCUT2D eigenvalue weighted by Crippen LogP contribution is -2.21. The van der Waals surface area contributed by atoms with E-state index in [2.05, 4.69) is 29.4 Å². The fourth-order valence-corrected chi connectivity index (χ4v) is 5.48. The molecule has 3 heterocycles. The molecule has 5 rings (SSSR count). The van der Waals surface area contributed by atoms with E-state index in [0.29, 0.717) is 17.3 Å². The quantitative estimate of drug-likeness (QED) is 0.372. The summed E-state index contributed by atoms with van der Waals surface area (Å²) in [5.41, 5.74) is 5.09. The fraction of sp³-hybridized carbons (Fsp3) is 0.231. The van der Waals surface area contributed by atoms with Gasteiger partial charge in [0.15, 0.2) is 5.82 Å². The largest absolute Gasteiger partial charge is 0.481 e. The summed E-state index contributed by atoms with van der Waals surface area (Å²) in [6, 6.07) is 13.3. The van der Waals surface area contributed by atoms with Crippen molar-refractivity contribution in [2.24, 2.45) is 10.9 Å². The molecule has 1 aliphatic rings. The van der Waals surface area contributed by atoms with E-state index in [1.807, 2.05) is 35.8 Å². The van der Waals surface area contributed by atoms with Gasteiger partial charge in [0.1, 0.15) is 22.7 Å². The van der Waals surface area contributed by atoms with Gasteiger partial charge in [-0.2, -0.15) is 0 Å². The van der Waals surface area contributed by atoms with Gasteiger partial charge in [0.25, 0.3) is 0 Å². The van der Waals surface area contributed by atoms with Crippen LogP contribution >= 0.6 is 11.3 Å². The van der Waals surface area contributed by atoms with Gasteiger partial charge in [-0.1, -0.05) is 18.2 Å². The van der Waals surface area contributed by atoms with Crippen molar-refractivity contribution in [1.29, 1.82) is 0 Å². The molecule has 0 bridgehead atoms. The Kier molecular flexibility index (Phi) is 5.72. The minimum Gasteiger partial charge on any atom is -0.481 e. The van der Waals surface area contributed by atoms with Crippen LogP contribution < -0.4 is 5.32 Å². The van der Waals surface area contributed by atoms with Gasteiger partial charge in [-0.15, -0.1) is 21.5 Å². The Balaban J connectivity index is 1.63. The molecule has 2 aromatic heterocycles. The van der Waals surface area contributed by atoms with Gasteiger partial charge in [0.05, 0.1) is 11.6 Å². The van der Waals surface area contributed by atoms with Crippen LogP contribution in [-0.4, -0.2) is 31.6 Å². The van der Waals surface area contributed by atoms with Crippen LogP contribution in [0.15, 0.2) is 53.5 Å². The average Bonchev–Trinajstić information content (AvgIpc) is 3.29. The third kappa shape index (κ3) is 4.01. The van der Waals surface area contributed by atoms with Crippen LogP contribution in [0.25, 0.3) is 5.00 Å². The van der Waals surface area contributed by atoms with E-state index >= 15 is 0 Å². The number of rotatable bonds is 5. The van der Waals surface area contributed by atoms with E-state index < -0.39 is 17.9 Å². The smallest absolute Gasteiger partial charge is 0.308 e. The van der Waals surface area contributed by atoms with Gasteiger partial charge in [-0.05, 0) is 63.6 Å². The van der Waals surface area contributed by atoms with Crippen molar-refractivity contribution in [3.05, 3.63) is 87.6 Å². The number of fused-ring (bicyclic) bond motifs is 3. The van der Waals surface area contributed by atoms with E-state index in [1.54, 1.807) is 30.4 Å². The number of benzene rings is 2. The molecule has 0 spiro atoms. The lowest BCUT2D eigenvalue weighted by molar-refractivity contribution is -0.141. The third-order valence-electron chi connectivity index (χ3n) is 6.32. The van der Waals surface area contributed by atoms with E-state index in [1.165, 1.54) is 12.1 Å². The number of carbonyl (C=O) groups is 1. The molecule has 7 nitrogen and oxygen atoms in total. The Labute approximate surface area is 206 Å². The summed E-state index contributed by atoms with van der Waals surface area (Å²) < 4.78 is 15.5. The van der Waals surface area contributed by atoms with Crippen molar-refractivity contribution in [3.63, 3.8) is 0 Å². The highest BCUT2D eigenvalue weighted by Gasteiger charge is 2.36. The number of anilines is 2. The second-order valence-electron chi connectivity index (χ2n) is 8.67. The predicted octanol–water partition coefficient (Wildman–Crippen LogP) is 5.75. The average molecular weight is 490 g/mol. The first-order chi connectivity index (χ1) is 16.7. The maximum absolute atomic E-state index is 13.6. The number of aliphatic carboxylic acids is 1. The molecule has 1 unspecified atom stereocenters. The molecule has 0 radical (unpaired) electrons. The maximum Gasteiger partial charge on any atom is 0.308 e. The summed E-state index contributed by atoms with van der Waals surface area (Å²) in [6.45, 7) is 7.63. The number of hydrogen-bond donors (Lipinski definition) is 2. The number of aryl methyl sites for hydroxylation is 2. The van der Waals surface area contributed by atoms with E-state index in [0.717, 1.165) is 38.0 Å². The highest BCUT2D eigenvalue weighted by molar-refractivity contribution is 7.15. The molecule has 0 fully saturated rings. The molecular weight excluding hydrogens is 465 g/mol. The molecule has 0 aliphatic carbocycles. The normalized spacial score (nSPS) is 15.6. The maximum atomic E-state index is 13.6. The van der Waals surface area contributed by atoms with Crippen molar-refractivity contribution in [1.82, 2.24) is 14.8 Å². The molecule has 2 atom stereocenters. The first-order valence-electron chi connectivity index (χ1n) is 11.2. The number of hydrogen-bond acceptors (Lipinski definition) is 6. The number of halogens is 1.